The third-order valence-electron chi connectivity index (χ3n) is 10.8. The molecule has 2 amide bonds. The Morgan fingerprint density at radius 2 is 1.09 bits per heavy atom. The normalized spacial score (nSPS) is 16.4. The number of hydrogen-bond acceptors (Lipinski definition) is 14. The molecule has 0 saturated carbocycles. The van der Waals surface area contributed by atoms with Crippen molar-refractivity contribution in [3.05, 3.63) is 120 Å². The highest BCUT2D eigenvalue weighted by Crippen LogP contribution is 2.55. The molecule has 1 aliphatic rings. The number of benzene rings is 4. The van der Waals surface area contributed by atoms with Gasteiger partial charge in [0, 0.05) is 44.0 Å². The van der Waals surface area contributed by atoms with Crippen LogP contribution in [0.3, 0.4) is 0 Å². The molecule has 0 bridgehead atoms. The standard InChI is InChI=1S/C46H63N6O13PS2/c1-32(2)27-51(67(58,59)39-19-15-36(47)16-20-39)29-43(41(49-45(53)54)25-34-11-7-5-8-12-34)64-66(56,57)65-44(30-52(28-33(3)4)68(60,61)40-21-17-37(48)18-22-40)42(26-35-13-9-6-10-14-35)50-46(55)63-38-23-24-62-31-38/h5-22,32-33,38,41-44,49,56-57H,23-31,47-48H2,1-4H3,(H-,50,53,54,55)/p+1/t38-,41-,42-,43-,44+/m0/s1. The Hall–Kier alpha value is -4.93. The maximum absolute atomic E-state index is 14.5. The molecule has 0 aromatic heterocycles. The molecule has 0 spiro atoms. The largest absolute Gasteiger partial charge is 0.570 e. The van der Waals surface area contributed by atoms with E-state index in [4.69, 9.17) is 30.0 Å². The fourth-order valence-electron chi connectivity index (χ4n) is 7.57. The lowest BCUT2D eigenvalue weighted by molar-refractivity contribution is 0.00955. The number of carbonyl (C=O) groups is 2. The summed E-state index contributed by atoms with van der Waals surface area (Å²) in [4.78, 5) is 50.3. The van der Waals surface area contributed by atoms with Crippen molar-refractivity contribution in [3.63, 3.8) is 0 Å². The van der Waals surface area contributed by atoms with E-state index in [0.29, 0.717) is 35.5 Å². The monoisotopic (exact) mass is 1000 g/mol. The molecule has 0 unspecified atom stereocenters. The fraction of sp³-hybridized carbons (Fsp3) is 0.435. The predicted molar refractivity (Wildman–Crippen MR) is 258 cm³/mol. The van der Waals surface area contributed by atoms with Crippen molar-refractivity contribution in [2.75, 3.05) is 50.9 Å². The SMILES string of the molecule is CC(C)CN(C[C@H](O[P+](O)(O)O[C@H](CN(CC(C)C)S(=O)(=O)c1ccc(N)cc1)[C@H](Cc1ccccc1)NC(=O)O[C@H]1CCOC1)[C@H](Cc1ccccc1)NC(=O)O)S(=O)(=O)c1ccc(N)cc1. The molecule has 68 heavy (non-hydrogen) atoms. The summed E-state index contributed by atoms with van der Waals surface area (Å²) in [6.45, 7) is 6.17. The van der Waals surface area contributed by atoms with Crippen LogP contribution >= 0.6 is 8.17 Å². The summed E-state index contributed by atoms with van der Waals surface area (Å²) >= 11 is 0. The molecule has 372 valence electrons. The predicted octanol–water partition coefficient (Wildman–Crippen LogP) is 5.28. The van der Waals surface area contributed by atoms with E-state index in [9.17, 15) is 41.3 Å². The van der Waals surface area contributed by atoms with E-state index in [2.05, 4.69) is 10.6 Å². The third kappa shape index (κ3) is 16.4. The number of anilines is 2. The second-order valence-electron chi connectivity index (χ2n) is 17.4. The van der Waals surface area contributed by atoms with Gasteiger partial charge in [-0.3, -0.25) is 0 Å². The summed E-state index contributed by atoms with van der Waals surface area (Å²) in [5.74, 6) is -0.579. The Morgan fingerprint density at radius 1 is 0.676 bits per heavy atom. The molecule has 9 N–H and O–H groups in total. The van der Waals surface area contributed by atoms with Crippen molar-refractivity contribution in [2.24, 2.45) is 11.8 Å². The summed E-state index contributed by atoms with van der Waals surface area (Å²) < 4.78 is 83.4. The first-order valence-corrected chi connectivity index (χ1v) is 26.6. The molecule has 1 heterocycles. The molecule has 0 radical (unpaired) electrons. The van der Waals surface area contributed by atoms with Gasteiger partial charge in [-0.15, -0.1) is 9.05 Å². The highest BCUT2D eigenvalue weighted by molar-refractivity contribution is 7.89. The molecular formula is C46H64N6O13PS2+. The first-order valence-electron chi connectivity index (χ1n) is 22.2. The number of alkyl carbamates (subject to hydrolysis) is 1. The molecule has 4 aromatic carbocycles. The molecule has 19 nitrogen and oxygen atoms in total. The van der Waals surface area contributed by atoms with Crippen LogP contribution in [0.25, 0.3) is 0 Å². The first kappa shape index (κ1) is 54.0. The molecule has 1 aliphatic heterocycles. The van der Waals surface area contributed by atoms with Gasteiger partial charge in [0.05, 0.1) is 35.1 Å². The van der Waals surface area contributed by atoms with Crippen LogP contribution in [0.5, 0.6) is 0 Å². The Morgan fingerprint density at radius 3 is 1.46 bits per heavy atom. The third-order valence-corrected chi connectivity index (χ3v) is 15.5. The fourth-order valence-corrected chi connectivity index (χ4v) is 12.0. The number of sulfonamides is 2. The number of nitrogen functional groups attached to an aromatic ring is 2. The number of carbonyl (C=O) groups excluding carboxylic acids is 1. The van der Waals surface area contributed by atoms with Crippen LogP contribution in [-0.2, 0) is 51.4 Å². The van der Waals surface area contributed by atoms with Gasteiger partial charge in [-0.25, -0.2) is 26.4 Å². The number of nitrogens with one attached hydrogen (secondary N) is 2. The first-order chi connectivity index (χ1) is 32.1. The van der Waals surface area contributed by atoms with Gasteiger partial charge in [0.1, 0.15) is 18.3 Å². The van der Waals surface area contributed by atoms with Crippen molar-refractivity contribution in [3.8, 4) is 0 Å². The Kier molecular flexibility index (Phi) is 19.5. The average molecular weight is 1000 g/mol. The van der Waals surface area contributed by atoms with Gasteiger partial charge < -0.3 is 36.7 Å². The maximum Gasteiger partial charge on any atom is 0.570 e. The second-order valence-corrected chi connectivity index (χ2v) is 22.7. The Bertz CT molecular complexity index is 2430. The maximum atomic E-state index is 14.5. The highest BCUT2D eigenvalue weighted by atomic mass is 32.2. The molecular weight excluding hydrogens is 940 g/mol. The van der Waals surface area contributed by atoms with Crippen LogP contribution in [0.4, 0.5) is 21.0 Å². The van der Waals surface area contributed by atoms with Crippen LogP contribution in [0, 0.1) is 11.8 Å². The number of nitrogens with zero attached hydrogens (tertiary/aromatic N) is 2. The van der Waals surface area contributed by atoms with Crippen molar-refractivity contribution in [1.29, 1.82) is 0 Å². The Balaban J connectivity index is 1.63. The molecule has 0 aliphatic carbocycles. The minimum atomic E-state index is -5.35. The minimum Gasteiger partial charge on any atom is -0.465 e. The topological polar surface area (TPSA) is 283 Å². The molecule has 4 aromatic rings. The zero-order valence-electron chi connectivity index (χ0n) is 38.5. The number of amides is 2. The quantitative estimate of drug-likeness (QED) is 0.0328. The van der Waals surface area contributed by atoms with E-state index in [0.717, 1.165) is 8.61 Å². The summed E-state index contributed by atoms with van der Waals surface area (Å²) in [5.41, 5.74) is 13.6. The molecule has 1 fully saturated rings. The van der Waals surface area contributed by atoms with Crippen LogP contribution in [0.2, 0.25) is 0 Å². The summed E-state index contributed by atoms with van der Waals surface area (Å²) in [6.07, 6.45) is -6.11. The van der Waals surface area contributed by atoms with E-state index < -0.39 is 83.9 Å². The van der Waals surface area contributed by atoms with Gasteiger partial charge in [0.15, 0.2) is 0 Å². The number of ether oxygens (including phenoxy) is 2. The van der Waals surface area contributed by atoms with Crippen molar-refractivity contribution in [1.82, 2.24) is 19.2 Å². The summed E-state index contributed by atoms with van der Waals surface area (Å²) in [7, 11) is -14.1. The van der Waals surface area contributed by atoms with E-state index >= 15 is 0 Å². The van der Waals surface area contributed by atoms with Gasteiger partial charge in [0.2, 0.25) is 20.0 Å². The zero-order chi connectivity index (χ0) is 49.6. The minimum absolute atomic E-state index is 0.0537. The number of nitrogens with two attached hydrogens (primary N) is 2. The summed E-state index contributed by atoms with van der Waals surface area (Å²) in [5, 5.41) is 15.3. The number of rotatable bonds is 25. The van der Waals surface area contributed by atoms with Crippen molar-refractivity contribution >= 4 is 51.8 Å². The number of carboxylic acid groups (broad SMARTS) is 1. The zero-order valence-corrected chi connectivity index (χ0v) is 41.1. The lowest BCUT2D eigenvalue weighted by atomic mass is 10.0. The van der Waals surface area contributed by atoms with E-state index in [-0.39, 0.29) is 54.2 Å². The van der Waals surface area contributed by atoms with Crippen molar-refractivity contribution in [2.45, 2.75) is 87.1 Å². The molecule has 22 heteroatoms. The van der Waals surface area contributed by atoms with Gasteiger partial charge >= 0.3 is 20.4 Å². The van der Waals surface area contributed by atoms with Gasteiger partial charge in [-0.1, -0.05) is 88.4 Å². The average Bonchev–Trinajstić information content (AvgIpc) is 3.78. The van der Waals surface area contributed by atoms with Crippen LogP contribution in [0.1, 0.15) is 45.2 Å². The molecule has 5 rings (SSSR count). The van der Waals surface area contributed by atoms with E-state index in [1.807, 2.05) is 0 Å². The van der Waals surface area contributed by atoms with E-state index in [1.165, 1.54) is 48.5 Å². The number of hydrogen-bond donors (Lipinski definition) is 7. The van der Waals surface area contributed by atoms with Crippen LogP contribution in [0.15, 0.2) is 119 Å². The highest BCUT2D eigenvalue weighted by Gasteiger charge is 2.51. The van der Waals surface area contributed by atoms with Gasteiger partial charge in [-0.05, 0) is 84.3 Å². The van der Waals surface area contributed by atoms with Crippen LogP contribution < -0.4 is 22.1 Å². The van der Waals surface area contributed by atoms with Gasteiger partial charge in [0.25, 0.3) is 0 Å². The molecule has 1 saturated heterocycles. The van der Waals surface area contributed by atoms with Gasteiger partial charge in [-0.2, -0.15) is 18.4 Å². The second kappa shape index (κ2) is 24.6. The van der Waals surface area contributed by atoms with Crippen LogP contribution in [-0.4, -0.2) is 122 Å². The Labute approximate surface area is 399 Å². The molecule has 5 atom stereocenters. The van der Waals surface area contributed by atoms with Crippen molar-refractivity contribution < 1.29 is 59.8 Å². The lowest BCUT2D eigenvalue weighted by Gasteiger charge is -2.34. The van der Waals surface area contributed by atoms with E-state index in [1.54, 1.807) is 88.4 Å². The lowest BCUT2D eigenvalue weighted by Crippen LogP contribution is -2.54. The smallest absolute Gasteiger partial charge is 0.465 e. The summed E-state index contributed by atoms with van der Waals surface area (Å²) in [6, 6.07) is 25.8.